The zero-order valence-corrected chi connectivity index (χ0v) is 12.2. The highest BCUT2D eigenvalue weighted by atomic mass is 16.5. The van der Waals surface area contributed by atoms with E-state index in [-0.39, 0.29) is 0 Å². The normalized spacial score (nSPS) is 35.8. The summed E-state index contributed by atoms with van der Waals surface area (Å²) < 4.78 is 5.93. The molecule has 0 aromatic carbocycles. The summed E-state index contributed by atoms with van der Waals surface area (Å²) in [5.41, 5.74) is 0. The molecule has 2 fully saturated rings. The van der Waals surface area contributed by atoms with Crippen molar-refractivity contribution in [2.45, 2.75) is 45.4 Å². The van der Waals surface area contributed by atoms with Gasteiger partial charge in [-0.05, 0) is 19.9 Å². The highest BCUT2D eigenvalue weighted by Gasteiger charge is 2.28. The predicted octanol–water partition coefficient (Wildman–Crippen LogP) is 0.779. The fourth-order valence-corrected chi connectivity index (χ4v) is 2.96. The van der Waals surface area contributed by atoms with Crippen LogP contribution in [-0.4, -0.2) is 73.9 Å². The molecule has 2 aliphatic heterocycles. The van der Waals surface area contributed by atoms with Gasteiger partial charge in [-0.3, -0.25) is 9.80 Å². The Kier molecular flexibility index (Phi) is 5.42. The molecule has 0 saturated carbocycles. The van der Waals surface area contributed by atoms with Gasteiger partial charge in [0.05, 0.1) is 12.7 Å². The minimum atomic E-state index is 0.400. The molecular formula is C14H29N3O. The molecule has 3 atom stereocenters. The smallest absolute Gasteiger partial charge is 0.0829 e. The van der Waals surface area contributed by atoms with E-state index in [4.69, 9.17) is 4.74 Å². The van der Waals surface area contributed by atoms with Crippen molar-refractivity contribution >= 4 is 0 Å². The summed E-state index contributed by atoms with van der Waals surface area (Å²) in [7, 11) is 0. The molecule has 2 saturated heterocycles. The molecule has 4 heteroatoms. The number of piperazine rings is 1. The summed E-state index contributed by atoms with van der Waals surface area (Å²) in [5.74, 6) is 0. The monoisotopic (exact) mass is 255 g/mol. The third kappa shape index (κ3) is 3.67. The van der Waals surface area contributed by atoms with Crippen LogP contribution in [0.2, 0.25) is 0 Å². The summed E-state index contributed by atoms with van der Waals surface area (Å²) in [6.07, 6.45) is 1.62. The van der Waals surface area contributed by atoms with Gasteiger partial charge < -0.3 is 10.1 Å². The SMILES string of the molecule is CCC1CN(CC2CN(CC)CCO2)C(C)CN1. The van der Waals surface area contributed by atoms with E-state index in [1.807, 2.05) is 0 Å². The van der Waals surface area contributed by atoms with Crippen molar-refractivity contribution in [2.75, 3.05) is 45.9 Å². The number of ether oxygens (including phenoxy) is 1. The molecule has 2 heterocycles. The van der Waals surface area contributed by atoms with Gasteiger partial charge in [-0.2, -0.15) is 0 Å². The first-order valence-corrected chi connectivity index (χ1v) is 7.54. The number of hydrogen-bond donors (Lipinski definition) is 1. The maximum Gasteiger partial charge on any atom is 0.0829 e. The lowest BCUT2D eigenvalue weighted by Gasteiger charge is -2.42. The lowest BCUT2D eigenvalue weighted by molar-refractivity contribution is -0.0507. The standard InChI is InChI=1S/C14H29N3O/c1-4-13-9-17(12(3)8-15-13)11-14-10-16(5-2)6-7-18-14/h12-15H,4-11H2,1-3H3. The summed E-state index contributed by atoms with van der Waals surface area (Å²) in [5, 5.41) is 3.61. The first-order chi connectivity index (χ1) is 8.72. The summed E-state index contributed by atoms with van der Waals surface area (Å²) >= 11 is 0. The molecule has 1 N–H and O–H groups in total. The van der Waals surface area contributed by atoms with Crippen LogP contribution in [-0.2, 0) is 4.74 Å². The van der Waals surface area contributed by atoms with E-state index in [9.17, 15) is 0 Å². The molecule has 0 aliphatic carbocycles. The summed E-state index contributed by atoms with van der Waals surface area (Å²) in [6.45, 7) is 14.4. The number of likely N-dealkylation sites (N-methyl/N-ethyl adjacent to an activating group) is 1. The second-order valence-corrected chi connectivity index (χ2v) is 5.70. The van der Waals surface area contributed by atoms with E-state index in [2.05, 4.69) is 35.9 Å². The van der Waals surface area contributed by atoms with Crippen LogP contribution in [0.15, 0.2) is 0 Å². The van der Waals surface area contributed by atoms with Gasteiger partial charge in [0.1, 0.15) is 0 Å². The zero-order valence-electron chi connectivity index (χ0n) is 12.2. The van der Waals surface area contributed by atoms with Crippen LogP contribution in [0.4, 0.5) is 0 Å². The number of morpholine rings is 1. The van der Waals surface area contributed by atoms with Gasteiger partial charge in [0.15, 0.2) is 0 Å². The molecule has 0 aromatic heterocycles. The van der Waals surface area contributed by atoms with E-state index in [0.29, 0.717) is 18.2 Å². The number of nitrogens with zero attached hydrogens (tertiary/aromatic N) is 2. The Morgan fingerprint density at radius 3 is 2.83 bits per heavy atom. The minimum absolute atomic E-state index is 0.400. The first-order valence-electron chi connectivity index (χ1n) is 7.54. The molecule has 2 rings (SSSR count). The third-order valence-corrected chi connectivity index (χ3v) is 4.38. The Hall–Kier alpha value is -0.160. The summed E-state index contributed by atoms with van der Waals surface area (Å²) in [4.78, 5) is 5.10. The van der Waals surface area contributed by atoms with E-state index in [1.54, 1.807) is 0 Å². The first kappa shape index (κ1) is 14.3. The third-order valence-electron chi connectivity index (χ3n) is 4.38. The Labute approximate surface area is 112 Å². The molecule has 3 unspecified atom stereocenters. The van der Waals surface area contributed by atoms with Crippen molar-refractivity contribution in [1.82, 2.24) is 15.1 Å². The van der Waals surface area contributed by atoms with Crippen LogP contribution in [0.3, 0.4) is 0 Å². The lowest BCUT2D eigenvalue weighted by Crippen LogP contribution is -2.58. The second-order valence-electron chi connectivity index (χ2n) is 5.70. The zero-order chi connectivity index (χ0) is 13.0. The van der Waals surface area contributed by atoms with Crippen molar-refractivity contribution < 1.29 is 4.74 Å². The van der Waals surface area contributed by atoms with Crippen molar-refractivity contribution in [1.29, 1.82) is 0 Å². The topological polar surface area (TPSA) is 27.7 Å². The highest BCUT2D eigenvalue weighted by Crippen LogP contribution is 2.13. The highest BCUT2D eigenvalue weighted by molar-refractivity contribution is 4.85. The van der Waals surface area contributed by atoms with Crippen LogP contribution in [0.1, 0.15) is 27.2 Å². The Balaban J connectivity index is 1.83. The maximum absolute atomic E-state index is 5.93. The quantitative estimate of drug-likeness (QED) is 0.803. The van der Waals surface area contributed by atoms with Gasteiger partial charge in [0.2, 0.25) is 0 Å². The maximum atomic E-state index is 5.93. The van der Waals surface area contributed by atoms with E-state index in [0.717, 1.165) is 39.3 Å². The van der Waals surface area contributed by atoms with Gasteiger partial charge in [-0.25, -0.2) is 0 Å². The van der Waals surface area contributed by atoms with E-state index in [1.165, 1.54) is 13.0 Å². The number of hydrogen-bond acceptors (Lipinski definition) is 4. The Bertz CT molecular complexity index is 249. The number of nitrogens with one attached hydrogen (secondary N) is 1. The molecule has 0 aromatic rings. The van der Waals surface area contributed by atoms with Gasteiger partial charge in [-0.1, -0.05) is 13.8 Å². The Morgan fingerprint density at radius 1 is 1.28 bits per heavy atom. The van der Waals surface area contributed by atoms with Crippen molar-refractivity contribution in [3.8, 4) is 0 Å². The largest absolute Gasteiger partial charge is 0.374 e. The van der Waals surface area contributed by atoms with Crippen LogP contribution >= 0.6 is 0 Å². The molecule has 18 heavy (non-hydrogen) atoms. The molecule has 2 aliphatic rings. The van der Waals surface area contributed by atoms with Crippen LogP contribution in [0.5, 0.6) is 0 Å². The fourth-order valence-electron chi connectivity index (χ4n) is 2.96. The number of rotatable bonds is 4. The molecule has 0 spiro atoms. The van der Waals surface area contributed by atoms with Crippen molar-refractivity contribution in [3.63, 3.8) is 0 Å². The van der Waals surface area contributed by atoms with Crippen LogP contribution < -0.4 is 5.32 Å². The van der Waals surface area contributed by atoms with Crippen LogP contribution in [0.25, 0.3) is 0 Å². The molecule has 0 radical (unpaired) electrons. The van der Waals surface area contributed by atoms with Crippen LogP contribution in [0, 0.1) is 0 Å². The molecule has 0 amide bonds. The molecule has 4 nitrogen and oxygen atoms in total. The average molecular weight is 255 g/mol. The molecule has 106 valence electrons. The average Bonchev–Trinajstić information content (AvgIpc) is 2.41. The Morgan fingerprint density at radius 2 is 2.11 bits per heavy atom. The molecular weight excluding hydrogens is 226 g/mol. The lowest BCUT2D eigenvalue weighted by atomic mass is 10.1. The van der Waals surface area contributed by atoms with Crippen molar-refractivity contribution in [2.24, 2.45) is 0 Å². The van der Waals surface area contributed by atoms with E-state index < -0.39 is 0 Å². The van der Waals surface area contributed by atoms with Gasteiger partial charge in [0.25, 0.3) is 0 Å². The van der Waals surface area contributed by atoms with Crippen molar-refractivity contribution in [3.05, 3.63) is 0 Å². The second kappa shape index (κ2) is 6.85. The predicted molar refractivity (Wildman–Crippen MR) is 75.0 cm³/mol. The molecule has 0 bridgehead atoms. The van der Waals surface area contributed by atoms with E-state index >= 15 is 0 Å². The van der Waals surface area contributed by atoms with Gasteiger partial charge >= 0.3 is 0 Å². The van der Waals surface area contributed by atoms with Gasteiger partial charge in [-0.15, -0.1) is 0 Å². The minimum Gasteiger partial charge on any atom is -0.374 e. The summed E-state index contributed by atoms with van der Waals surface area (Å²) in [6, 6.07) is 1.29. The van der Waals surface area contributed by atoms with Gasteiger partial charge in [0, 0.05) is 44.8 Å². The fraction of sp³-hybridized carbons (Fsp3) is 1.00.